The zero-order valence-corrected chi connectivity index (χ0v) is 23.1. The molecule has 0 radical (unpaired) electrons. The number of methoxy groups -OCH3 is 3. The van der Waals surface area contributed by atoms with Crippen LogP contribution in [0.25, 0.3) is 0 Å². The third-order valence-electron chi connectivity index (χ3n) is 6.09. The Labute approximate surface area is 231 Å². The number of nitro groups is 1. The zero-order chi connectivity index (χ0) is 28.2. The van der Waals surface area contributed by atoms with Gasteiger partial charge in [0.1, 0.15) is 6.54 Å². The zero-order valence-electron chi connectivity index (χ0n) is 22.3. The highest BCUT2D eigenvalue weighted by Crippen LogP contribution is 2.28. The first-order valence-electron chi connectivity index (χ1n) is 12.4. The first-order chi connectivity index (χ1) is 18.9. The minimum Gasteiger partial charge on any atom is -0.493 e. The van der Waals surface area contributed by atoms with Crippen LogP contribution < -0.4 is 9.47 Å². The minimum absolute atomic E-state index is 0.157. The number of hydrogen-bond donors (Lipinski definition) is 0. The van der Waals surface area contributed by atoms with Gasteiger partial charge >= 0.3 is 0 Å². The van der Waals surface area contributed by atoms with E-state index in [4.69, 9.17) is 14.2 Å². The van der Waals surface area contributed by atoms with Crippen molar-refractivity contribution < 1.29 is 28.7 Å². The maximum Gasteiger partial charge on any atom is 0.270 e. The van der Waals surface area contributed by atoms with Crippen molar-refractivity contribution in [2.75, 3.05) is 47.6 Å². The van der Waals surface area contributed by atoms with Crippen LogP contribution in [-0.4, -0.2) is 74.1 Å². The summed E-state index contributed by atoms with van der Waals surface area (Å²) in [5.41, 5.74) is 0.948. The van der Waals surface area contributed by atoms with Gasteiger partial charge < -0.3 is 24.0 Å². The van der Waals surface area contributed by atoms with E-state index in [1.807, 2.05) is 35.7 Å². The van der Waals surface area contributed by atoms with E-state index in [-0.39, 0.29) is 30.2 Å². The third kappa shape index (κ3) is 8.52. The Morgan fingerprint density at radius 1 is 0.949 bits per heavy atom. The molecule has 0 fully saturated rings. The average Bonchev–Trinajstić information content (AvgIpc) is 3.47. The van der Waals surface area contributed by atoms with Crippen molar-refractivity contribution >= 4 is 28.8 Å². The molecule has 1 heterocycles. The smallest absolute Gasteiger partial charge is 0.270 e. The van der Waals surface area contributed by atoms with E-state index in [1.165, 1.54) is 29.2 Å². The summed E-state index contributed by atoms with van der Waals surface area (Å²) in [5.74, 6) is 0.566. The van der Waals surface area contributed by atoms with Crippen LogP contribution in [0.5, 0.6) is 11.5 Å². The molecule has 0 saturated carbocycles. The molecular weight excluding hydrogens is 522 g/mol. The van der Waals surface area contributed by atoms with E-state index in [0.717, 1.165) is 10.4 Å². The van der Waals surface area contributed by atoms with Crippen LogP contribution >= 0.6 is 11.3 Å². The lowest BCUT2D eigenvalue weighted by molar-refractivity contribution is -0.384. The number of carbonyl (C=O) groups is 2. The minimum atomic E-state index is -0.548. The highest BCUT2D eigenvalue weighted by Gasteiger charge is 2.24. The number of nitrogens with zero attached hydrogens (tertiary/aromatic N) is 3. The number of rotatable bonds is 15. The number of ether oxygens (including phenoxy) is 3. The summed E-state index contributed by atoms with van der Waals surface area (Å²) in [6, 6.07) is 15.1. The molecule has 0 N–H and O–H groups in total. The van der Waals surface area contributed by atoms with Gasteiger partial charge in [0.2, 0.25) is 5.91 Å². The molecule has 0 aliphatic heterocycles. The first-order valence-corrected chi connectivity index (χ1v) is 13.3. The highest BCUT2D eigenvalue weighted by atomic mass is 32.1. The molecule has 1 aromatic heterocycles. The van der Waals surface area contributed by atoms with Gasteiger partial charge in [-0.2, -0.15) is 0 Å². The number of carbonyl (C=O) groups excluding carboxylic acids is 2. The highest BCUT2D eigenvalue weighted by molar-refractivity contribution is 7.09. The number of amides is 2. The second-order valence-corrected chi connectivity index (χ2v) is 9.75. The fourth-order valence-corrected chi connectivity index (χ4v) is 4.75. The van der Waals surface area contributed by atoms with E-state index in [0.29, 0.717) is 44.0 Å². The second-order valence-electron chi connectivity index (χ2n) is 8.71. The van der Waals surface area contributed by atoms with E-state index in [2.05, 4.69) is 0 Å². The van der Waals surface area contributed by atoms with Crippen molar-refractivity contribution in [2.24, 2.45) is 0 Å². The van der Waals surface area contributed by atoms with Gasteiger partial charge in [-0.1, -0.05) is 18.2 Å². The summed E-state index contributed by atoms with van der Waals surface area (Å²) in [4.78, 5) is 41.8. The molecule has 3 rings (SSSR count). The van der Waals surface area contributed by atoms with E-state index < -0.39 is 10.8 Å². The number of non-ortho nitro benzene ring substituents is 1. The molecule has 0 bridgehead atoms. The molecule has 3 aromatic rings. The number of thiophene rings is 1. The molecule has 11 heteroatoms. The van der Waals surface area contributed by atoms with Crippen LogP contribution in [0.3, 0.4) is 0 Å². The molecule has 39 heavy (non-hydrogen) atoms. The Morgan fingerprint density at radius 2 is 1.74 bits per heavy atom. The maximum absolute atomic E-state index is 13.6. The predicted octanol–water partition coefficient (Wildman–Crippen LogP) is 4.42. The molecule has 0 unspecified atom stereocenters. The van der Waals surface area contributed by atoms with Crippen LogP contribution in [-0.2, 0) is 22.5 Å². The lowest BCUT2D eigenvalue weighted by Crippen LogP contribution is -2.44. The van der Waals surface area contributed by atoms with Gasteiger partial charge in [-0.05, 0) is 48.1 Å². The maximum atomic E-state index is 13.6. The normalized spacial score (nSPS) is 10.6. The quantitative estimate of drug-likeness (QED) is 0.155. The first kappa shape index (κ1) is 29.6. The monoisotopic (exact) mass is 555 g/mol. The molecule has 2 aromatic carbocycles. The lowest BCUT2D eigenvalue weighted by Gasteiger charge is -2.28. The molecular formula is C28H33N3O7S. The fraction of sp³-hybridized carbons (Fsp3) is 0.357. The van der Waals surface area contributed by atoms with Gasteiger partial charge in [0.05, 0.1) is 25.7 Å². The van der Waals surface area contributed by atoms with E-state index in [9.17, 15) is 19.7 Å². The Morgan fingerprint density at radius 3 is 2.41 bits per heavy atom. The second kappa shape index (κ2) is 14.8. The van der Waals surface area contributed by atoms with Gasteiger partial charge in [-0.25, -0.2) is 0 Å². The standard InChI is InChI=1S/C28H33N3O7S/c1-36-15-6-13-30(28(33)22-7-4-8-23(18-22)31(34)35)20-27(32)29(19-24-9-5-16-39-24)14-12-21-10-11-25(37-2)26(17-21)38-3/h4-5,7-11,16-18H,6,12-15,19-20H2,1-3H3. The van der Waals surface area contributed by atoms with Crippen molar-refractivity contribution in [3.63, 3.8) is 0 Å². The summed E-state index contributed by atoms with van der Waals surface area (Å²) in [5, 5.41) is 13.2. The summed E-state index contributed by atoms with van der Waals surface area (Å²) in [6.45, 7) is 1.33. The van der Waals surface area contributed by atoms with Crippen LogP contribution in [0.4, 0.5) is 5.69 Å². The molecule has 0 saturated heterocycles. The van der Waals surface area contributed by atoms with Gasteiger partial charge in [0, 0.05) is 49.4 Å². The van der Waals surface area contributed by atoms with Crippen molar-refractivity contribution in [3.05, 3.63) is 86.1 Å². The molecule has 208 valence electrons. The Balaban J connectivity index is 1.80. The molecule has 2 amide bonds. The number of hydrogen-bond acceptors (Lipinski definition) is 8. The molecule has 10 nitrogen and oxygen atoms in total. The topological polar surface area (TPSA) is 111 Å². The predicted molar refractivity (Wildman–Crippen MR) is 148 cm³/mol. The summed E-state index contributed by atoms with van der Waals surface area (Å²) in [6.07, 6.45) is 1.08. The Hall–Kier alpha value is -3.96. The van der Waals surface area contributed by atoms with Crippen molar-refractivity contribution in [1.29, 1.82) is 0 Å². The van der Waals surface area contributed by atoms with Crippen molar-refractivity contribution in [1.82, 2.24) is 9.80 Å². The molecule has 0 aliphatic carbocycles. The number of benzene rings is 2. The SMILES string of the molecule is COCCCN(CC(=O)N(CCc1ccc(OC)c(OC)c1)Cc1cccs1)C(=O)c1cccc([N+](=O)[O-])c1. The van der Waals surface area contributed by atoms with Gasteiger partial charge in [-0.15, -0.1) is 11.3 Å². The summed E-state index contributed by atoms with van der Waals surface area (Å²) in [7, 11) is 4.71. The van der Waals surface area contributed by atoms with E-state index in [1.54, 1.807) is 37.6 Å². The Bertz CT molecular complexity index is 1250. The molecule has 0 spiro atoms. The lowest BCUT2D eigenvalue weighted by atomic mass is 10.1. The fourth-order valence-electron chi connectivity index (χ4n) is 4.03. The van der Waals surface area contributed by atoms with Gasteiger partial charge in [0.25, 0.3) is 11.6 Å². The summed E-state index contributed by atoms with van der Waals surface area (Å²) >= 11 is 1.55. The largest absolute Gasteiger partial charge is 0.493 e. The van der Waals surface area contributed by atoms with Crippen molar-refractivity contribution in [2.45, 2.75) is 19.4 Å². The van der Waals surface area contributed by atoms with Gasteiger partial charge in [0.15, 0.2) is 11.5 Å². The van der Waals surface area contributed by atoms with Crippen LogP contribution in [0.1, 0.15) is 27.2 Å². The van der Waals surface area contributed by atoms with Crippen LogP contribution in [0, 0.1) is 10.1 Å². The van der Waals surface area contributed by atoms with Crippen LogP contribution in [0.2, 0.25) is 0 Å². The molecule has 0 atom stereocenters. The number of nitro benzene ring substituents is 1. The molecule has 0 aliphatic rings. The average molecular weight is 556 g/mol. The third-order valence-corrected chi connectivity index (χ3v) is 6.95. The Kier molecular flexibility index (Phi) is 11.3. The van der Waals surface area contributed by atoms with Crippen molar-refractivity contribution in [3.8, 4) is 11.5 Å². The van der Waals surface area contributed by atoms with E-state index >= 15 is 0 Å². The van der Waals surface area contributed by atoms with Gasteiger partial charge in [-0.3, -0.25) is 19.7 Å². The summed E-state index contributed by atoms with van der Waals surface area (Å²) < 4.78 is 15.9. The van der Waals surface area contributed by atoms with Crippen LogP contribution in [0.15, 0.2) is 60.0 Å².